The lowest BCUT2D eigenvalue weighted by molar-refractivity contribution is -0.153. The number of hydrogen-bond acceptors (Lipinski definition) is 2. The fourth-order valence-corrected chi connectivity index (χ4v) is 3.25. The van der Waals surface area contributed by atoms with E-state index in [0.717, 1.165) is 51.6 Å². The minimum absolute atomic E-state index is 0.188. The molecule has 0 aromatic heterocycles. The van der Waals surface area contributed by atoms with E-state index < -0.39 is 11.5 Å². The summed E-state index contributed by atoms with van der Waals surface area (Å²) in [6.07, 6.45) is 6.30. The average Bonchev–Trinajstić information content (AvgIpc) is 2.41. The second-order valence-electron chi connectivity index (χ2n) is 5.50. The summed E-state index contributed by atoms with van der Waals surface area (Å²) in [4.78, 5) is 14.7. The maximum absolute atomic E-state index is 12.8. The number of hydrogen-bond donors (Lipinski definition) is 1. The van der Waals surface area contributed by atoms with E-state index in [9.17, 15) is 9.90 Å². The zero-order valence-electron chi connectivity index (χ0n) is 12.2. The SMILES string of the molecule is CCCC(O)C1(C(=O)N(CC)CC)CCCCC1. The van der Waals surface area contributed by atoms with Crippen molar-refractivity contribution >= 4 is 5.91 Å². The first-order chi connectivity index (χ1) is 8.62. The molecule has 18 heavy (non-hydrogen) atoms. The van der Waals surface area contributed by atoms with Crippen LogP contribution in [0.5, 0.6) is 0 Å². The van der Waals surface area contributed by atoms with E-state index in [-0.39, 0.29) is 5.91 Å². The van der Waals surface area contributed by atoms with Crippen LogP contribution >= 0.6 is 0 Å². The molecule has 0 radical (unpaired) electrons. The van der Waals surface area contributed by atoms with Gasteiger partial charge in [-0.25, -0.2) is 0 Å². The third-order valence-corrected chi connectivity index (χ3v) is 4.42. The largest absolute Gasteiger partial charge is 0.392 e. The summed E-state index contributed by atoms with van der Waals surface area (Å²) >= 11 is 0. The fourth-order valence-electron chi connectivity index (χ4n) is 3.25. The van der Waals surface area contributed by atoms with Crippen molar-refractivity contribution in [2.75, 3.05) is 13.1 Å². The number of aliphatic hydroxyl groups is 1. The zero-order valence-corrected chi connectivity index (χ0v) is 12.2. The van der Waals surface area contributed by atoms with Crippen molar-refractivity contribution in [1.29, 1.82) is 0 Å². The summed E-state index contributed by atoms with van der Waals surface area (Å²) in [5.74, 6) is 0.188. The van der Waals surface area contributed by atoms with Gasteiger partial charge < -0.3 is 10.0 Å². The summed E-state index contributed by atoms with van der Waals surface area (Å²) in [5.41, 5.74) is -0.486. The van der Waals surface area contributed by atoms with Crippen LogP contribution in [0.25, 0.3) is 0 Å². The molecule has 106 valence electrons. The Morgan fingerprint density at radius 1 is 1.17 bits per heavy atom. The van der Waals surface area contributed by atoms with Crippen LogP contribution in [0.3, 0.4) is 0 Å². The first kappa shape index (κ1) is 15.5. The molecule has 1 atom stereocenters. The molecule has 0 aromatic rings. The highest BCUT2D eigenvalue weighted by Crippen LogP contribution is 2.42. The third kappa shape index (κ3) is 3.05. The molecule has 0 saturated heterocycles. The van der Waals surface area contributed by atoms with Gasteiger partial charge in [-0.05, 0) is 33.1 Å². The molecule has 0 aromatic carbocycles. The molecule has 1 N–H and O–H groups in total. The minimum atomic E-state index is -0.486. The highest BCUT2D eigenvalue weighted by Gasteiger charge is 2.46. The molecule has 1 fully saturated rings. The first-order valence-electron chi connectivity index (χ1n) is 7.59. The Kier molecular flexibility index (Phi) is 6.13. The van der Waals surface area contributed by atoms with Gasteiger partial charge in [-0.2, -0.15) is 0 Å². The normalized spacial score (nSPS) is 20.4. The van der Waals surface area contributed by atoms with Crippen LogP contribution in [0.1, 0.15) is 65.7 Å². The van der Waals surface area contributed by atoms with E-state index in [1.807, 2.05) is 18.7 Å². The second-order valence-corrected chi connectivity index (χ2v) is 5.50. The number of amides is 1. The molecule has 3 nitrogen and oxygen atoms in total. The van der Waals surface area contributed by atoms with E-state index in [0.29, 0.717) is 0 Å². The molecule has 0 spiro atoms. The van der Waals surface area contributed by atoms with Gasteiger partial charge >= 0.3 is 0 Å². The van der Waals surface area contributed by atoms with E-state index in [1.54, 1.807) is 0 Å². The Balaban J connectivity index is 2.92. The molecule has 0 aliphatic heterocycles. The Morgan fingerprint density at radius 2 is 1.72 bits per heavy atom. The van der Waals surface area contributed by atoms with Crippen molar-refractivity contribution in [3.63, 3.8) is 0 Å². The average molecular weight is 255 g/mol. The van der Waals surface area contributed by atoms with Crippen LogP contribution in [0, 0.1) is 5.41 Å². The maximum atomic E-state index is 12.8. The van der Waals surface area contributed by atoms with Gasteiger partial charge in [-0.15, -0.1) is 0 Å². The Bertz CT molecular complexity index is 255. The van der Waals surface area contributed by atoms with Crippen molar-refractivity contribution in [3.05, 3.63) is 0 Å². The number of carbonyl (C=O) groups is 1. The monoisotopic (exact) mass is 255 g/mol. The smallest absolute Gasteiger partial charge is 0.231 e. The quantitative estimate of drug-likeness (QED) is 0.792. The van der Waals surface area contributed by atoms with E-state index in [4.69, 9.17) is 0 Å². The Labute approximate surface area is 112 Å². The highest BCUT2D eigenvalue weighted by atomic mass is 16.3. The van der Waals surface area contributed by atoms with Crippen molar-refractivity contribution in [1.82, 2.24) is 4.90 Å². The predicted molar refractivity (Wildman–Crippen MR) is 74.4 cm³/mol. The summed E-state index contributed by atoms with van der Waals surface area (Å²) in [6, 6.07) is 0. The highest BCUT2D eigenvalue weighted by molar-refractivity contribution is 5.83. The molecule has 1 saturated carbocycles. The number of nitrogens with zero attached hydrogens (tertiary/aromatic N) is 1. The third-order valence-electron chi connectivity index (χ3n) is 4.42. The molecule has 0 heterocycles. The lowest BCUT2D eigenvalue weighted by atomic mass is 9.68. The topological polar surface area (TPSA) is 40.5 Å². The maximum Gasteiger partial charge on any atom is 0.231 e. The van der Waals surface area contributed by atoms with Gasteiger partial charge in [0.25, 0.3) is 0 Å². The van der Waals surface area contributed by atoms with E-state index >= 15 is 0 Å². The van der Waals surface area contributed by atoms with Gasteiger partial charge in [0.1, 0.15) is 0 Å². The van der Waals surface area contributed by atoms with Crippen LogP contribution in [-0.2, 0) is 4.79 Å². The van der Waals surface area contributed by atoms with Gasteiger partial charge in [-0.3, -0.25) is 4.79 Å². The van der Waals surface area contributed by atoms with Crippen molar-refractivity contribution in [2.45, 2.75) is 71.8 Å². The molecule has 1 unspecified atom stereocenters. The molecule has 3 heteroatoms. The van der Waals surface area contributed by atoms with Gasteiger partial charge in [0.2, 0.25) is 5.91 Å². The fraction of sp³-hybridized carbons (Fsp3) is 0.933. The molecular formula is C15H29NO2. The summed E-state index contributed by atoms with van der Waals surface area (Å²) in [7, 11) is 0. The predicted octanol–water partition coefficient (Wildman–Crippen LogP) is 2.97. The lowest BCUT2D eigenvalue weighted by Crippen LogP contribution is -2.51. The van der Waals surface area contributed by atoms with Crippen molar-refractivity contribution in [2.24, 2.45) is 5.41 Å². The van der Waals surface area contributed by atoms with Crippen LogP contribution in [0.4, 0.5) is 0 Å². The van der Waals surface area contributed by atoms with E-state index in [2.05, 4.69) is 6.92 Å². The van der Waals surface area contributed by atoms with E-state index in [1.165, 1.54) is 6.42 Å². The van der Waals surface area contributed by atoms with Crippen LogP contribution in [-0.4, -0.2) is 35.1 Å². The van der Waals surface area contributed by atoms with Crippen molar-refractivity contribution in [3.8, 4) is 0 Å². The zero-order chi connectivity index (χ0) is 13.6. The first-order valence-corrected chi connectivity index (χ1v) is 7.59. The summed E-state index contributed by atoms with van der Waals surface area (Å²) < 4.78 is 0. The molecule has 0 bridgehead atoms. The minimum Gasteiger partial charge on any atom is -0.392 e. The van der Waals surface area contributed by atoms with Crippen LogP contribution in [0.2, 0.25) is 0 Å². The number of aliphatic hydroxyl groups excluding tert-OH is 1. The molecular weight excluding hydrogens is 226 g/mol. The number of carbonyl (C=O) groups excluding carboxylic acids is 1. The van der Waals surface area contributed by atoms with Gasteiger partial charge in [0.05, 0.1) is 11.5 Å². The summed E-state index contributed by atoms with van der Waals surface area (Å²) in [6.45, 7) is 7.60. The van der Waals surface area contributed by atoms with Crippen molar-refractivity contribution < 1.29 is 9.90 Å². The molecule has 1 rings (SSSR count). The number of rotatable bonds is 6. The molecule has 1 aliphatic rings. The Morgan fingerprint density at radius 3 is 2.17 bits per heavy atom. The Hall–Kier alpha value is -0.570. The van der Waals surface area contributed by atoms with Gasteiger partial charge in [-0.1, -0.05) is 32.6 Å². The van der Waals surface area contributed by atoms with Gasteiger partial charge in [0, 0.05) is 13.1 Å². The van der Waals surface area contributed by atoms with Gasteiger partial charge in [0.15, 0.2) is 0 Å². The summed E-state index contributed by atoms with van der Waals surface area (Å²) in [5, 5.41) is 10.5. The standard InChI is InChI=1S/C15H29NO2/c1-4-10-13(17)15(11-8-7-9-12-15)14(18)16(5-2)6-3/h13,17H,4-12H2,1-3H3. The second kappa shape index (κ2) is 7.13. The molecule has 1 amide bonds. The molecule has 1 aliphatic carbocycles. The van der Waals surface area contributed by atoms with Crippen LogP contribution < -0.4 is 0 Å². The van der Waals surface area contributed by atoms with Crippen LogP contribution in [0.15, 0.2) is 0 Å². The lowest BCUT2D eigenvalue weighted by Gasteiger charge is -2.42.